The number of carbonyl (C=O) groups excluding carboxylic acids is 2. The van der Waals surface area contributed by atoms with Gasteiger partial charge < -0.3 is 14.6 Å². The Morgan fingerprint density at radius 2 is 1.53 bits per heavy atom. The van der Waals surface area contributed by atoms with E-state index in [1.807, 2.05) is 6.92 Å². The Labute approximate surface area is 224 Å². The van der Waals surface area contributed by atoms with Crippen molar-refractivity contribution in [3.05, 3.63) is 65.7 Å². The summed E-state index contributed by atoms with van der Waals surface area (Å²) in [5.41, 5.74) is -0.188. The number of esters is 2. The van der Waals surface area contributed by atoms with Crippen LogP contribution in [-0.4, -0.2) is 49.0 Å². The maximum absolute atomic E-state index is 13.5. The van der Waals surface area contributed by atoms with E-state index in [2.05, 4.69) is 9.93 Å². The SMILES string of the molecule is Cc1ccc(S(=O)(=O)N/N=C2/C[C@](C)(O)[C@H](C(=O)OC(C)C)[C@H](c3ccccc3)[C@@H]2C(=O)OC(C)C)cc1. The van der Waals surface area contributed by atoms with E-state index in [0.29, 0.717) is 5.56 Å². The highest BCUT2D eigenvalue weighted by atomic mass is 32.2. The van der Waals surface area contributed by atoms with Crippen molar-refractivity contribution >= 4 is 27.7 Å². The van der Waals surface area contributed by atoms with E-state index in [4.69, 9.17) is 9.47 Å². The molecule has 1 saturated carbocycles. The normalized spacial score (nSPS) is 24.9. The molecule has 9 nitrogen and oxygen atoms in total. The Balaban J connectivity index is 2.15. The number of hydrogen-bond acceptors (Lipinski definition) is 8. The monoisotopic (exact) mass is 544 g/mol. The van der Waals surface area contributed by atoms with Gasteiger partial charge in [0.1, 0.15) is 5.92 Å². The molecule has 4 atom stereocenters. The number of nitrogens with zero attached hydrogens (tertiary/aromatic N) is 1. The van der Waals surface area contributed by atoms with Gasteiger partial charge in [0.05, 0.1) is 34.3 Å². The summed E-state index contributed by atoms with van der Waals surface area (Å²) < 4.78 is 37.0. The van der Waals surface area contributed by atoms with Crippen LogP contribution in [0.2, 0.25) is 0 Å². The summed E-state index contributed by atoms with van der Waals surface area (Å²) in [4.78, 5) is 29.1. The van der Waals surface area contributed by atoms with E-state index in [0.717, 1.165) is 5.56 Å². The maximum atomic E-state index is 13.5. The van der Waals surface area contributed by atoms with Gasteiger partial charge in [-0.05, 0) is 59.2 Å². The van der Waals surface area contributed by atoms with Crippen molar-refractivity contribution in [1.82, 2.24) is 4.83 Å². The second kappa shape index (κ2) is 11.7. The molecule has 0 unspecified atom stereocenters. The molecule has 0 aromatic heterocycles. The second-order valence-corrected chi connectivity index (χ2v) is 12.1. The largest absolute Gasteiger partial charge is 0.463 e. The summed E-state index contributed by atoms with van der Waals surface area (Å²) in [5, 5.41) is 15.7. The molecule has 0 radical (unpaired) electrons. The van der Waals surface area contributed by atoms with Gasteiger partial charge in [-0.1, -0.05) is 48.0 Å². The van der Waals surface area contributed by atoms with E-state index in [1.165, 1.54) is 19.1 Å². The molecule has 0 amide bonds. The number of hydrogen-bond donors (Lipinski definition) is 2. The number of carbonyl (C=O) groups is 2. The van der Waals surface area contributed by atoms with Gasteiger partial charge in [0.15, 0.2) is 0 Å². The van der Waals surface area contributed by atoms with Crippen molar-refractivity contribution in [2.75, 3.05) is 0 Å². The highest BCUT2D eigenvalue weighted by molar-refractivity contribution is 7.89. The number of sulfonamides is 1. The molecular weight excluding hydrogens is 508 g/mol. The summed E-state index contributed by atoms with van der Waals surface area (Å²) in [6.07, 6.45) is -1.19. The minimum atomic E-state index is -4.08. The lowest BCUT2D eigenvalue weighted by molar-refractivity contribution is -0.167. The maximum Gasteiger partial charge on any atom is 0.315 e. The Kier molecular flexibility index (Phi) is 8.99. The lowest BCUT2D eigenvalue weighted by atomic mass is 9.61. The fourth-order valence-electron chi connectivity index (χ4n) is 4.73. The Morgan fingerprint density at radius 3 is 2.08 bits per heavy atom. The average Bonchev–Trinajstić information content (AvgIpc) is 2.81. The molecule has 0 bridgehead atoms. The molecule has 1 aliphatic carbocycles. The van der Waals surface area contributed by atoms with Gasteiger partial charge in [0.25, 0.3) is 10.0 Å². The molecule has 1 fully saturated rings. The molecular formula is C28H36N2O7S. The molecule has 1 aliphatic rings. The van der Waals surface area contributed by atoms with Gasteiger partial charge in [0.2, 0.25) is 0 Å². The first kappa shape index (κ1) is 29.3. The van der Waals surface area contributed by atoms with Crippen LogP contribution in [0.3, 0.4) is 0 Å². The Morgan fingerprint density at radius 1 is 0.974 bits per heavy atom. The molecule has 206 valence electrons. The van der Waals surface area contributed by atoms with Gasteiger partial charge in [-0.15, -0.1) is 0 Å². The zero-order valence-corrected chi connectivity index (χ0v) is 23.4. The summed E-state index contributed by atoms with van der Waals surface area (Å²) >= 11 is 0. The van der Waals surface area contributed by atoms with Gasteiger partial charge in [0, 0.05) is 12.3 Å². The van der Waals surface area contributed by atoms with Gasteiger partial charge in [-0.3, -0.25) is 9.59 Å². The van der Waals surface area contributed by atoms with Gasteiger partial charge in [-0.25, -0.2) is 4.83 Å². The first-order chi connectivity index (χ1) is 17.7. The summed E-state index contributed by atoms with van der Waals surface area (Å²) in [5.74, 6) is -4.59. The molecule has 38 heavy (non-hydrogen) atoms. The summed E-state index contributed by atoms with van der Waals surface area (Å²) in [7, 11) is -4.08. The van der Waals surface area contributed by atoms with Crippen LogP contribution in [0.5, 0.6) is 0 Å². The first-order valence-electron chi connectivity index (χ1n) is 12.6. The number of aryl methyl sites for hydroxylation is 1. The zero-order chi connectivity index (χ0) is 28.3. The number of rotatable bonds is 8. The van der Waals surface area contributed by atoms with Crippen molar-refractivity contribution in [3.63, 3.8) is 0 Å². The molecule has 0 saturated heterocycles. The molecule has 0 heterocycles. The fraction of sp³-hybridized carbons (Fsp3) is 0.464. The number of aliphatic hydroxyl groups is 1. The minimum absolute atomic E-state index is 0.00526. The van der Waals surface area contributed by atoms with Crippen molar-refractivity contribution < 1.29 is 32.6 Å². The zero-order valence-electron chi connectivity index (χ0n) is 22.5. The second-order valence-electron chi connectivity index (χ2n) is 10.4. The fourth-order valence-corrected chi connectivity index (χ4v) is 5.56. The first-order valence-corrected chi connectivity index (χ1v) is 14.0. The standard InChI is InChI=1S/C28H36N2O7S/c1-17(2)36-26(31)24-22(29-30-38(34,35)21-14-12-19(5)13-15-21)16-28(6,33)25(27(32)37-18(3)4)23(24)20-10-8-7-9-11-20/h7-15,17-18,23-25,30,33H,16H2,1-6H3/b29-22-/t23-,24-,25+,28+/m1/s1. The number of benzene rings is 2. The van der Waals surface area contributed by atoms with Crippen LogP contribution in [0.25, 0.3) is 0 Å². The predicted octanol–water partition coefficient (Wildman–Crippen LogP) is 3.70. The van der Waals surface area contributed by atoms with E-state index in [1.54, 1.807) is 70.2 Å². The van der Waals surface area contributed by atoms with E-state index < -0.39 is 57.5 Å². The van der Waals surface area contributed by atoms with E-state index in [9.17, 15) is 23.1 Å². The van der Waals surface area contributed by atoms with Crippen molar-refractivity contribution in [2.24, 2.45) is 16.9 Å². The molecule has 3 rings (SSSR count). The third kappa shape index (κ3) is 6.79. The highest BCUT2D eigenvalue weighted by Gasteiger charge is 2.56. The average molecular weight is 545 g/mol. The lowest BCUT2D eigenvalue weighted by Crippen LogP contribution is -2.56. The Hall–Kier alpha value is -3.24. The number of nitrogens with one attached hydrogen (secondary N) is 1. The third-order valence-electron chi connectivity index (χ3n) is 6.32. The lowest BCUT2D eigenvalue weighted by Gasteiger charge is -2.45. The number of ether oxygens (including phenoxy) is 2. The molecule has 10 heteroatoms. The topological polar surface area (TPSA) is 131 Å². The van der Waals surface area contributed by atoms with Crippen LogP contribution in [-0.2, 0) is 29.1 Å². The van der Waals surface area contributed by atoms with Crippen LogP contribution < -0.4 is 4.83 Å². The van der Waals surface area contributed by atoms with Crippen LogP contribution in [0.4, 0.5) is 0 Å². The van der Waals surface area contributed by atoms with Crippen molar-refractivity contribution in [2.45, 2.75) is 76.6 Å². The van der Waals surface area contributed by atoms with Crippen LogP contribution in [0, 0.1) is 18.8 Å². The summed E-state index contributed by atoms with van der Waals surface area (Å²) in [6.45, 7) is 10.1. The molecule has 2 aromatic carbocycles. The molecule has 0 aliphatic heterocycles. The molecule has 2 aromatic rings. The van der Waals surface area contributed by atoms with Crippen LogP contribution >= 0.6 is 0 Å². The smallest absolute Gasteiger partial charge is 0.315 e. The third-order valence-corrected chi connectivity index (χ3v) is 7.55. The minimum Gasteiger partial charge on any atom is -0.463 e. The van der Waals surface area contributed by atoms with Crippen molar-refractivity contribution in [3.8, 4) is 0 Å². The van der Waals surface area contributed by atoms with Crippen LogP contribution in [0.15, 0.2) is 64.6 Å². The quantitative estimate of drug-likeness (QED) is 0.383. The Bertz CT molecular complexity index is 1270. The van der Waals surface area contributed by atoms with Crippen LogP contribution in [0.1, 0.15) is 58.1 Å². The van der Waals surface area contributed by atoms with Gasteiger partial charge >= 0.3 is 11.9 Å². The predicted molar refractivity (Wildman–Crippen MR) is 143 cm³/mol. The molecule has 0 spiro atoms. The molecule has 2 N–H and O–H groups in total. The summed E-state index contributed by atoms with van der Waals surface area (Å²) in [6, 6.07) is 15.0. The highest BCUT2D eigenvalue weighted by Crippen LogP contribution is 2.47. The van der Waals surface area contributed by atoms with Crippen molar-refractivity contribution in [1.29, 1.82) is 0 Å². The van der Waals surface area contributed by atoms with E-state index >= 15 is 0 Å². The van der Waals surface area contributed by atoms with Gasteiger partial charge in [-0.2, -0.15) is 13.5 Å². The number of hydrazone groups is 1. The van der Waals surface area contributed by atoms with E-state index in [-0.39, 0.29) is 17.0 Å².